The van der Waals surface area contributed by atoms with Gasteiger partial charge in [-0.3, -0.25) is 4.79 Å². The monoisotopic (exact) mass is 334 g/mol. The van der Waals surface area contributed by atoms with E-state index in [1.807, 2.05) is 30.3 Å². The molecule has 0 radical (unpaired) electrons. The van der Waals surface area contributed by atoms with E-state index >= 15 is 0 Å². The predicted octanol–water partition coefficient (Wildman–Crippen LogP) is 3.23. The number of hydrogen-bond donors (Lipinski definition) is 1. The summed E-state index contributed by atoms with van der Waals surface area (Å²) in [5.74, 6) is 0.623. The van der Waals surface area contributed by atoms with E-state index in [-0.39, 0.29) is 5.56 Å². The number of methoxy groups -OCH3 is 1. The molecule has 1 aliphatic carbocycles. The number of hydrogen-bond acceptors (Lipinski definition) is 3. The summed E-state index contributed by atoms with van der Waals surface area (Å²) in [6.45, 7) is 0. The van der Waals surface area contributed by atoms with Crippen molar-refractivity contribution in [1.82, 2.24) is 9.97 Å². The van der Waals surface area contributed by atoms with Crippen LogP contribution in [0.1, 0.15) is 25.1 Å². The highest BCUT2D eigenvalue weighted by molar-refractivity contribution is 9.10. The topological polar surface area (TPSA) is 55.0 Å². The van der Waals surface area contributed by atoms with Gasteiger partial charge >= 0.3 is 0 Å². The summed E-state index contributed by atoms with van der Waals surface area (Å²) in [6.07, 6.45) is 2.87. The van der Waals surface area contributed by atoms with Gasteiger partial charge in [-0.05, 0) is 35.2 Å². The van der Waals surface area contributed by atoms with Crippen molar-refractivity contribution in [2.45, 2.75) is 24.9 Å². The molecule has 5 heteroatoms. The van der Waals surface area contributed by atoms with E-state index in [0.29, 0.717) is 16.0 Å². The van der Waals surface area contributed by atoms with Crippen LogP contribution in [0.2, 0.25) is 0 Å². The van der Waals surface area contributed by atoms with Gasteiger partial charge in [0.15, 0.2) is 0 Å². The van der Waals surface area contributed by atoms with Gasteiger partial charge in [0, 0.05) is 12.7 Å². The van der Waals surface area contributed by atoms with Crippen molar-refractivity contribution in [3.63, 3.8) is 0 Å². The molecule has 0 saturated heterocycles. The predicted molar refractivity (Wildman–Crippen MR) is 80.5 cm³/mol. The first-order chi connectivity index (χ1) is 9.66. The molecule has 104 valence electrons. The van der Waals surface area contributed by atoms with Gasteiger partial charge in [-0.25, -0.2) is 4.98 Å². The molecule has 1 aromatic heterocycles. The zero-order valence-electron chi connectivity index (χ0n) is 11.1. The summed E-state index contributed by atoms with van der Waals surface area (Å²) in [7, 11) is 1.67. The van der Waals surface area contributed by atoms with Crippen molar-refractivity contribution in [3.05, 3.63) is 51.0 Å². The first-order valence-corrected chi connectivity index (χ1v) is 7.36. The molecular formula is C15H15BrN2O2. The van der Waals surface area contributed by atoms with Crippen LogP contribution in [-0.4, -0.2) is 17.1 Å². The maximum Gasteiger partial charge on any atom is 0.265 e. The van der Waals surface area contributed by atoms with E-state index in [9.17, 15) is 4.79 Å². The van der Waals surface area contributed by atoms with Crippen molar-refractivity contribution in [2.75, 3.05) is 7.11 Å². The highest BCUT2D eigenvalue weighted by Gasteiger charge is 2.41. The van der Waals surface area contributed by atoms with Crippen LogP contribution in [0.5, 0.6) is 0 Å². The van der Waals surface area contributed by atoms with E-state index in [1.54, 1.807) is 7.11 Å². The molecule has 0 unspecified atom stereocenters. The maximum absolute atomic E-state index is 12.1. The SMILES string of the molecule is COC1(c2nc(-c3ccccc3)c(Br)c(=O)[nH]2)CCC1. The second-order valence-electron chi connectivity index (χ2n) is 5.00. The van der Waals surface area contributed by atoms with Gasteiger partial charge in [0.25, 0.3) is 5.56 Å². The summed E-state index contributed by atoms with van der Waals surface area (Å²) in [6, 6.07) is 9.68. The van der Waals surface area contributed by atoms with Crippen LogP contribution in [0.25, 0.3) is 11.3 Å². The van der Waals surface area contributed by atoms with Crippen LogP contribution < -0.4 is 5.56 Å². The van der Waals surface area contributed by atoms with E-state index in [4.69, 9.17) is 4.74 Å². The number of halogens is 1. The Kier molecular flexibility index (Phi) is 3.48. The number of ether oxygens (including phenoxy) is 1. The highest BCUT2D eigenvalue weighted by atomic mass is 79.9. The van der Waals surface area contributed by atoms with Crippen LogP contribution in [0.4, 0.5) is 0 Å². The number of aromatic amines is 1. The maximum atomic E-state index is 12.1. The Balaban J connectivity index is 2.16. The Bertz CT molecular complexity index is 673. The number of H-pyrrole nitrogens is 1. The summed E-state index contributed by atoms with van der Waals surface area (Å²) in [5.41, 5.74) is 0.978. The van der Waals surface area contributed by atoms with E-state index in [0.717, 1.165) is 24.8 Å². The lowest BCUT2D eigenvalue weighted by molar-refractivity contribution is -0.0847. The van der Waals surface area contributed by atoms with Gasteiger partial charge < -0.3 is 9.72 Å². The minimum absolute atomic E-state index is 0.169. The molecule has 1 aliphatic rings. The van der Waals surface area contributed by atoms with Crippen molar-refractivity contribution in [2.24, 2.45) is 0 Å². The van der Waals surface area contributed by atoms with Crippen molar-refractivity contribution in [1.29, 1.82) is 0 Å². The number of nitrogens with zero attached hydrogens (tertiary/aromatic N) is 1. The minimum Gasteiger partial charge on any atom is -0.370 e. The van der Waals surface area contributed by atoms with Gasteiger partial charge in [0.1, 0.15) is 15.9 Å². The number of aromatic nitrogens is 2. The van der Waals surface area contributed by atoms with Crippen LogP contribution >= 0.6 is 15.9 Å². The molecule has 20 heavy (non-hydrogen) atoms. The first-order valence-electron chi connectivity index (χ1n) is 6.57. The molecule has 1 saturated carbocycles. The smallest absolute Gasteiger partial charge is 0.265 e. The van der Waals surface area contributed by atoms with Gasteiger partial charge in [0.2, 0.25) is 0 Å². The number of nitrogens with one attached hydrogen (secondary N) is 1. The first kappa shape index (κ1) is 13.5. The quantitative estimate of drug-likeness (QED) is 0.937. The molecule has 3 rings (SSSR count). The standard InChI is InChI=1S/C15H15BrN2O2/c1-20-15(8-5-9-15)14-17-12(11(16)13(19)18-14)10-6-3-2-4-7-10/h2-4,6-7H,5,8-9H2,1H3,(H,17,18,19). The highest BCUT2D eigenvalue weighted by Crippen LogP contribution is 2.43. The second kappa shape index (κ2) is 5.14. The Morgan fingerprint density at radius 2 is 2.00 bits per heavy atom. The third kappa shape index (κ3) is 2.11. The van der Waals surface area contributed by atoms with Gasteiger partial charge in [0.05, 0.1) is 5.69 Å². The lowest BCUT2D eigenvalue weighted by atomic mass is 9.79. The number of benzene rings is 1. The number of rotatable bonds is 3. The molecule has 1 aromatic carbocycles. The van der Waals surface area contributed by atoms with Crippen molar-refractivity contribution in [3.8, 4) is 11.3 Å². The second-order valence-corrected chi connectivity index (χ2v) is 5.79. The van der Waals surface area contributed by atoms with Gasteiger partial charge in [-0.1, -0.05) is 30.3 Å². The van der Waals surface area contributed by atoms with Gasteiger partial charge in [-0.15, -0.1) is 0 Å². The molecule has 0 bridgehead atoms. The molecule has 2 aromatic rings. The molecule has 0 amide bonds. The van der Waals surface area contributed by atoms with Crippen LogP contribution in [0, 0.1) is 0 Å². The summed E-state index contributed by atoms with van der Waals surface area (Å²) >= 11 is 3.33. The largest absolute Gasteiger partial charge is 0.370 e. The zero-order valence-corrected chi connectivity index (χ0v) is 12.7. The third-order valence-electron chi connectivity index (χ3n) is 3.89. The Labute approximate surface area is 125 Å². The summed E-state index contributed by atoms with van der Waals surface area (Å²) < 4.78 is 6.05. The van der Waals surface area contributed by atoms with Crippen LogP contribution in [0.15, 0.2) is 39.6 Å². The summed E-state index contributed by atoms with van der Waals surface area (Å²) in [4.78, 5) is 19.6. The fourth-order valence-electron chi connectivity index (χ4n) is 2.50. The molecule has 0 spiro atoms. The molecule has 1 N–H and O–H groups in total. The Morgan fingerprint density at radius 3 is 2.55 bits per heavy atom. The Hall–Kier alpha value is -1.46. The molecular weight excluding hydrogens is 320 g/mol. The van der Waals surface area contributed by atoms with Crippen molar-refractivity contribution < 1.29 is 4.74 Å². The van der Waals surface area contributed by atoms with E-state index in [2.05, 4.69) is 25.9 Å². The molecule has 1 heterocycles. The fraction of sp³-hybridized carbons (Fsp3) is 0.333. The molecule has 0 atom stereocenters. The van der Waals surface area contributed by atoms with Crippen molar-refractivity contribution >= 4 is 15.9 Å². The van der Waals surface area contributed by atoms with Gasteiger partial charge in [-0.2, -0.15) is 0 Å². The molecule has 1 fully saturated rings. The minimum atomic E-state index is -0.427. The van der Waals surface area contributed by atoms with E-state index < -0.39 is 5.60 Å². The lowest BCUT2D eigenvalue weighted by Gasteiger charge is -2.39. The average Bonchev–Trinajstić information content (AvgIpc) is 2.43. The summed E-state index contributed by atoms with van der Waals surface area (Å²) in [5, 5.41) is 0. The Morgan fingerprint density at radius 1 is 1.30 bits per heavy atom. The normalized spacial score (nSPS) is 16.7. The lowest BCUT2D eigenvalue weighted by Crippen LogP contribution is -2.39. The fourth-order valence-corrected chi connectivity index (χ4v) is 2.91. The van der Waals surface area contributed by atoms with Crippen LogP contribution in [-0.2, 0) is 10.3 Å². The zero-order chi connectivity index (χ0) is 14.2. The van der Waals surface area contributed by atoms with Crippen LogP contribution in [0.3, 0.4) is 0 Å². The molecule has 0 aliphatic heterocycles. The van der Waals surface area contributed by atoms with E-state index in [1.165, 1.54) is 0 Å². The molecule has 4 nitrogen and oxygen atoms in total. The third-order valence-corrected chi connectivity index (χ3v) is 4.63. The average molecular weight is 335 g/mol.